The lowest BCUT2D eigenvalue weighted by molar-refractivity contribution is 0.306. The van der Waals surface area contributed by atoms with Crippen molar-refractivity contribution in [2.45, 2.75) is 17.6 Å². The van der Waals surface area contributed by atoms with E-state index in [-0.39, 0.29) is 0 Å². The first-order valence-electron chi connectivity index (χ1n) is 9.69. The van der Waals surface area contributed by atoms with Crippen LogP contribution in [0.5, 0.6) is 17.2 Å². The van der Waals surface area contributed by atoms with Gasteiger partial charge in [0.1, 0.15) is 23.9 Å². The monoisotopic (exact) mass is 434 g/mol. The number of aromatic nitrogens is 2. The summed E-state index contributed by atoms with van der Waals surface area (Å²) in [6, 6.07) is 23.6. The molecule has 0 aliphatic carbocycles. The van der Waals surface area contributed by atoms with Crippen molar-refractivity contribution in [2.24, 2.45) is 0 Å². The van der Waals surface area contributed by atoms with Crippen molar-refractivity contribution in [3.8, 4) is 28.7 Å². The number of nitrogens with zero attached hydrogens (tertiary/aromatic N) is 2. The third kappa shape index (κ3) is 5.58. The van der Waals surface area contributed by atoms with Crippen molar-refractivity contribution >= 4 is 11.8 Å². The Morgan fingerprint density at radius 2 is 1.52 bits per heavy atom. The van der Waals surface area contributed by atoms with E-state index in [1.807, 2.05) is 66.7 Å². The molecular formula is C24H22N2O4S. The lowest BCUT2D eigenvalue weighted by atomic mass is 10.2. The van der Waals surface area contributed by atoms with E-state index >= 15 is 0 Å². The molecule has 0 radical (unpaired) electrons. The summed E-state index contributed by atoms with van der Waals surface area (Å²) in [5.74, 6) is 3.26. The molecule has 0 amide bonds. The molecule has 0 fully saturated rings. The van der Waals surface area contributed by atoms with E-state index in [1.165, 1.54) is 11.8 Å². The van der Waals surface area contributed by atoms with E-state index in [0.717, 1.165) is 22.4 Å². The van der Waals surface area contributed by atoms with E-state index in [4.69, 9.17) is 18.6 Å². The topological polar surface area (TPSA) is 66.6 Å². The van der Waals surface area contributed by atoms with Gasteiger partial charge in [-0.05, 0) is 35.4 Å². The number of benzene rings is 3. The summed E-state index contributed by atoms with van der Waals surface area (Å²) >= 11 is 1.47. The molecule has 0 saturated carbocycles. The Labute approximate surface area is 185 Å². The molecule has 0 aliphatic rings. The van der Waals surface area contributed by atoms with Gasteiger partial charge < -0.3 is 18.6 Å². The van der Waals surface area contributed by atoms with Crippen molar-refractivity contribution in [1.82, 2.24) is 10.2 Å². The molecule has 1 aromatic heterocycles. The Morgan fingerprint density at radius 3 is 2.26 bits per heavy atom. The third-order valence-electron chi connectivity index (χ3n) is 4.51. The zero-order valence-corrected chi connectivity index (χ0v) is 18.1. The number of hydrogen-bond acceptors (Lipinski definition) is 7. The summed E-state index contributed by atoms with van der Waals surface area (Å²) in [5.41, 5.74) is 2.99. The van der Waals surface area contributed by atoms with Crippen LogP contribution in [0.25, 0.3) is 11.5 Å². The van der Waals surface area contributed by atoms with Gasteiger partial charge in [0.15, 0.2) is 0 Å². The third-order valence-corrected chi connectivity index (χ3v) is 5.40. The Kier molecular flexibility index (Phi) is 6.74. The Balaban J connectivity index is 1.39. The summed E-state index contributed by atoms with van der Waals surface area (Å²) in [4.78, 5) is 0. The fourth-order valence-electron chi connectivity index (χ4n) is 2.93. The summed E-state index contributed by atoms with van der Waals surface area (Å²) in [6.45, 7) is 0.536. The molecule has 0 aliphatic heterocycles. The molecule has 31 heavy (non-hydrogen) atoms. The van der Waals surface area contributed by atoms with Crippen LogP contribution < -0.4 is 14.2 Å². The second-order valence-corrected chi connectivity index (χ2v) is 7.61. The molecule has 7 heteroatoms. The molecule has 4 rings (SSSR count). The minimum Gasteiger partial charge on any atom is -0.497 e. The van der Waals surface area contributed by atoms with Crippen LogP contribution in [-0.2, 0) is 12.4 Å². The molecule has 3 aromatic carbocycles. The molecule has 0 N–H and O–H groups in total. The van der Waals surface area contributed by atoms with Crippen molar-refractivity contribution in [3.05, 3.63) is 83.9 Å². The van der Waals surface area contributed by atoms with Crippen LogP contribution in [-0.4, -0.2) is 24.4 Å². The molecule has 0 saturated heterocycles. The van der Waals surface area contributed by atoms with Crippen molar-refractivity contribution in [1.29, 1.82) is 0 Å². The number of hydrogen-bond donors (Lipinski definition) is 0. The van der Waals surface area contributed by atoms with Gasteiger partial charge in [-0.2, -0.15) is 0 Å². The summed E-state index contributed by atoms with van der Waals surface area (Å²) in [6.07, 6.45) is 0. The van der Waals surface area contributed by atoms with Gasteiger partial charge in [0.05, 0.1) is 14.2 Å². The van der Waals surface area contributed by atoms with Crippen molar-refractivity contribution in [2.75, 3.05) is 14.2 Å². The van der Waals surface area contributed by atoms with Crippen LogP contribution in [0.1, 0.15) is 11.1 Å². The maximum atomic E-state index is 5.91. The number of ether oxygens (including phenoxy) is 3. The van der Waals surface area contributed by atoms with Crippen LogP contribution in [0, 0.1) is 0 Å². The molecule has 1 heterocycles. The highest BCUT2D eigenvalue weighted by Gasteiger charge is 2.12. The molecule has 0 atom stereocenters. The minimum absolute atomic E-state index is 0.416. The second kappa shape index (κ2) is 10.0. The highest BCUT2D eigenvalue weighted by molar-refractivity contribution is 7.98. The first-order chi connectivity index (χ1) is 15.2. The predicted molar refractivity (Wildman–Crippen MR) is 120 cm³/mol. The molecule has 0 unspecified atom stereocenters. The highest BCUT2D eigenvalue weighted by Crippen LogP contribution is 2.31. The van der Waals surface area contributed by atoms with Crippen LogP contribution >= 0.6 is 11.8 Å². The molecule has 4 aromatic rings. The van der Waals surface area contributed by atoms with E-state index in [0.29, 0.717) is 35.0 Å². The van der Waals surface area contributed by atoms with E-state index < -0.39 is 0 Å². The SMILES string of the molecule is COc1cc(OC)cc(-c2nnc(SCc3cccc(OCc4ccccc4)c3)o2)c1. The highest BCUT2D eigenvalue weighted by atomic mass is 32.2. The Bertz CT molecular complexity index is 1110. The van der Waals surface area contributed by atoms with Gasteiger partial charge in [0.2, 0.25) is 5.89 Å². The molecule has 0 bridgehead atoms. The van der Waals surface area contributed by atoms with E-state index in [1.54, 1.807) is 20.3 Å². The smallest absolute Gasteiger partial charge is 0.277 e. The minimum atomic E-state index is 0.416. The molecule has 0 spiro atoms. The second-order valence-electron chi connectivity index (χ2n) is 6.68. The molecular weight excluding hydrogens is 412 g/mol. The largest absolute Gasteiger partial charge is 0.497 e. The lowest BCUT2D eigenvalue weighted by Crippen LogP contribution is -1.95. The Hall–Kier alpha value is -3.45. The average Bonchev–Trinajstić information content (AvgIpc) is 3.31. The van der Waals surface area contributed by atoms with Crippen molar-refractivity contribution in [3.63, 3.8) is 0 Å². The Morgan fingerprint density at radius 1 is 0.774 bits per heavy atom. The van der Waals surface area contributed by atoms with E-state index in [9.17, 15) is 0 Å². The first kappa shape index (κ1) is 20.8. The fraction of sp³-hybridized carbons (Fsp3) is 0.167. The van der Waals surface area contributed by atoms with Gasteiger partial charge in [-0.1, -0.05) is 54.2 Å². The van der Waals surface area contributed by atoms with Gasteiger partial charge in [-0.3, -0.25) is 0 Å². The first-order valence-corrected chi connectivity index (χ1v) is 10.7. The quantitative estimate of drug-likeness (QED) is 0.317. The van der Waals surface area contributed by atoms with Crippen molar-refractivity contribution < 1.29 is 18.6 Å². The lowest BCUT2D eigenvalue weighted by Gasteiger charge is -2.07. The van der Waals surface area contributed by atoms with Crippen LogP contribution in [0.4, 0.5) is 0 Å². The summed E-state index contributed by atoms with van der Waals surface area (Å²) < 4.78 is 22.3. The predicted octanol–water partition coefficient (Wildman–Crippen LogP) is 5.63. The molecule has 158 valence electrons. The van der Waals surface area contributed by atoms with Gasteiger partial charge in [0, 0.05) is 17.4 Å². The number of methoxy groups -OCH3 is 2. The van der Waals surface area contributed by atoms with Gasteiger partial charge in [0.25, 0.3) is 5.22 Å². The van der Waals surface area contributed by atoms with Crippen LogP contribution in [0.15, 0.2) is 82.4 Å². The fourth-order valence-corrected chi connectivity index (χ4v) is 3.63. The summed E-state index contributed by atoms with van der Waals surface area (Å²) in [7, 11) is 3.21. The normalized spacial score (nSPS) is 10.6. The van der Waals surface area contributed by atoms with E-state index in [2.05, 4.69) is 10.2 Å². The van der Waals surface area contributed by atoms with Gasteiger partial charge in [-0.25, -0.2) is 0 Å². The standard InChI is InChI=1S/C24H22N2O4S/c1-27-21-12-19(13-22(14-21)28-2)23-25-26-24(30-23)31-16-18-9-6-10-20(11-18)29-15-17-7-4-3-5-8-17/h3-14H,15-16H2,1-2H3. The zero-order chi connectivity index (χ0) is 21.5. The van der Waals surface area contributed by atoms with Gasteiger partial charge >= 0.3 is 0 Å². The number of rotatable bonds is 9. The van der Waals surface area contributed by atoms with Crippen LogP contribution in [0.3, 0.4) is 0 Å². The average molecular weight is 435 g/mol. The molecule has 6 nitrogen and oxygen atoms in total. The van der Waals surface area contributed by atoms with Gasteiger partial charge in [-0.15, -0.1) is 10.2 Å². The maximum Gasteiger partial charge on any atom is 0.277 e. The maximum absolute atomic E-state index is 5.91. The zero-order valence-electron chi connectivity index (χ0n) is 17.3. The number of thioether (sulfide) groups is 1. The van der Waals surface area contributed by atoms with Crippen LogP contribution in [0.2, 0.25) is 0 Å². The summed E-state index contributed by atoms with van der Waals surface area (Å²) in [5, 5.41) is 8.80.